The lowest BCUT2D eigenvalue weighted by Gasteiger charge is -2.38. The van der Waals surface area contributed by atoms with Crippen molar-refractivity contribution < 1.29 is 0 Å². The summed E-state index contributed by atoms with van der Waals surface area (Å²) in [5, 5.41) is 3.14. The molecular formula is C11H18N2S. The van der Waals surface area contributed by atoms with Crippen LogP contribution in [-0.2, 0) is 5.54 Å². The first kappa shape index (κ1) is 10.1. The normalized spacial score (nSPS) is 38.5. The number of aromatic nitrogens is 1. The van der Waals surface area contributed by atoms with Gasteiger partial charge in [-0.25, -0.2) is 4.98 Å². The highest BCUT2D eigenvalue weighted by Crippen LogP contribution is 2.41. The van der Waals surface area contributed by atoms with Gasteiger partial charge in [-0.05, 0) is 31.1 Å². The number of hydrogen-bond acceptors (Lipinski definition) is 3. The van der Waals surface area contributed by atoms with Gasteiger partial charge in [0, 0.05) is 11.6 Å². The fourth-order valence-electron chi connectivity index (χ4n) is 2.31. The Balaban J connectivity index is 2.18. The van der Waals surface area contributed by atoms with Crippen molar-refractivity contribution in [2.75, 3.05) is 0 Å². The average Bonchev–Trinajstić information content (AvgIpc) is 2.65. The van der Waals surface area contributed by atoms with E-state index in [4.69, 9.17) is 5.73 Å². The molecule has 1 aliphatic carbocycles. The van der Waals surface area contributed by atoms with E-state index in [-0.39, 0.29) is 5.54 Å². The summed E-state index contributed by atoms with van der Waals surface area (Å²) in [6.07, 6.45) is 5.27. The molecule has 1 aromatic rings. The van der Waals surface area contributed by atoms with Gasteiger partial charge in [-0.2, -0.15) is 0 Å². The van der Waals surface area contributed by atoms with Crippen LogP contribution in [0.2, 0.25) is 0 Å². The molecule has 1 heterocycles. The molecule has 2 N–H and O–H groups in total. The minimum absolute atomic E-state index is 0.139. The molecule has 0 bridgehead atoms. The van der Waals surface area contributed by atoms with Crippen molar-refractivity contribution in [3.63, 3.8) is 0 Å². The Morgan fingerprint density at radius 1 is 1.50 bits per heavy atom. The topological polar surface area (TPSA) is 38.9 Å². The van der Waals surface area contributed by atoms with E-state index < -0.39 is 0 Å². The molecule has 3 unspecified atom stereocenters. The summed E-state index contributed by atoms with van der Waals surface area (Å²) in [5.74, 6) is 1.53. The number of nitrogens with zero attached hydrogens (tertiary/aromatic N) is 1. The van der Waals surface area contributed by atoms with Gasteiger partial charge in [0.15, 0.2) is 0 Å². The summed E-state index contributed by atoms with van der Waals surface area (Å²) >= 11 is 1.70. The summed E-state index contributed by atoms with van der Waals surface area (Å²) in [6.45, 7) is 4.63. The molecule has 0 aliphatic heterocycles. The lowest BCUT2D eigenvalue weighted by Crippen LogP contribution is -2.43. The van der Waals surface area contributed by atoms with Crippen LogP contribution in [0.1, 0.15) is 38.1 Å². The van der Waals surface area contributed by atoms with Gasteiger partial charge >= 0.3 is 0 Å². The van der Waals surface area contributed by atoms with Gasteiger partial charge in [0.25, 0.3) is 0 Å². The Kier molecular flexibility index (Phi) is 2.62. The van der Waals surface area contributed by atoms with E-state index in [0.717, 1.165) is 29.7 Å². The zero-order valence-corrected chi connectivity index (χ0v) is 9.68. The SMILES string of the molecule is CC1CCC(N)(c2nccs2)CC1C. The standard InChI is InChI=1S/C11H18N2S/c1-8-3-4-11(12,7-9(8)2)10-13-5-6-14-10/h5-6,8-9H,3-4,7,12H2,1-2H3. The van der Waals surface area contributed by atoms with Gasteiger partial charge < -0.3 is 5.73 Å². The van der Waals surface area contributed by atoms with E-state index >= 15 is 0 Å². The van der Waals surface area contributed by atoms with Crippen molar-refractivity contribution in [3.05, 3.63) is 16.6 Å². The quantitative estimate of drug-likeness (QED) is 0.774. The molecule has 2 rings (SSSR count). The maximum Gasteiger partial charge on any atom is 0.112 e. The lowest BCUT2D eigenvalue weighted by molar-refractivity contribution is 0.176. The number of nitrogens with two attached hydrogens (primary N) is 1. The third kappa shape index (κ3) is 1.71. The van der Waals surface area contributed by atoms with Crippen molar-refractivity contribution in [3.8, 4) is 0 Å². The molecule has 0 spiro atoms. The maximum atomic E-state index is 6.43. The van der Waals surface area contributed by atoms with Crippen LogP contribution in [0.3, 0.4) is 0 Å². The maximum absolute atomic E-state index is 6.43. The molecule has 1 aliphatic rings. The van der Waals surface area contributed by atoms with Crippen LogP contribution in [0.25, 0.3) is 0 Å². The van der Waals surface area contributed by atoms with E-state index in [1.54, 1.807) is 11.3 Å². The molecule has 1 fully saturated rings. The first-order valence-corrected chi connectivity index (χ1v) is 6.18. The number of hydrogen-bond donors (Lipinski definition) is 1. The largest absolute Gasteiger partial charge is 0.319 e. The zero-order chi connectivity index (χ0) is 10.2. The fraction of sp³-hybridized carbons (Fsp3) is 0.727. The third-order valence-electron chi connectivity index (χ3n) is 3.56. The highest BCUT2D eigenvalue weighted by molar-refractivity contribution is 7.09. The fourth-order valence-corrected chi connectivity index (χ4v) is 3.10. The second-order valence-electron chi connectivity index (χ2n) is 4.69. The van der Waals surface area contributed by atoms with E-state index in [1.807, 2.05) is 11.6 Å². The van der Waals surface area contributed by atoms with Gasteiger partial charge in [-0.3, -0.25) is 0 Å². The number of thiazole rings is 1. The summed E-state index contributed by atoms with van der Waals surface area (Å²) < 4.78 is 0. The first-order valence-electron chi connectivity index (χ1n) is 5.31. The number of rotatable bonds is 1. The van der Waals surface area contributed by atoms with Crippen molar-refractivity contribution in [2.45, 2.75) is 38.6 Å². The molecule has 2 nitrogen and oxygen atoms in total. The van der Waals surface area contributed by atoms with Crippen LogP contribution in [0, 0.1) is 11.8 Å². The molecule has 14 heavy (non-hydrogen) atoms. The van der Waals surface area contributed by atoms with E-state index in [1.165, 1.54) is 6.42 Å². The van der Waals surface area contributed by atoms with Crippen LogP contribution in [-0.4, -0.2) is 4.98 Å². The molecule has 0 amide bonds. The first-order chi connectivity index (χ1) is 6.62. The Hall–Kier alpha value is -0.410. The molecule has 1 aromatic heterocycles. The van der Waals surface area contributed by atoms with Gasteiger partial charge in [0.05, 0.1) is 5.54 Å². The van der Waals surface area contributed by atoms with Crippen molar-refractivity contribution in [1.29, 1.82) is 0 Å². The predicted octanol–water partition coefficient (Wildman–Crippen LogP) is 2.75. The minimum atomic E-state index is -0.139. The molecular weight excluding hydrogens is 192 g/mol. The van der Waals surface area contributed by atoms with E-state index in [2.05, 4.69) is 18.8 Å². The van der Waals surface area contributed by atoms with Crippen molar-refractivity contribution >= 4 is 11.3 Å². The Morgan fingerprint density at radius 2 is 2.29 bits per heavy atom. The van der Waals surface area contributed by atoms with Gasteiger partial charge in [-0.1, -0.05) is 13.8 Å². The third-order valence-corrected chi connectivity index (χ3v) is 4.55. The van der Waals surface area contributed by atoms with Crippen LogP contribution in [0.5, 0.6) is 0 Å². The average molecular weight is 210 g/mol. The molecule has 0 radical (unpaired) electrons. The molecule has 78 valence electrons. The lowest BCUT2D eigenvalue weighted by atomic mass is 9.72. The van der Waals surface area contributed by atoms with Crippen LogP contribution < -0.4 is 5.73 Å². The van der Waals surface area contributed by atoms with E-state index in [9.17, 15) is 0 Å². The molecule has 3 atom stereocenters. The molecule has 0 aromatic carbocycles. The van der Waals surface area contributed by atoms with Gasteiger partial charge in [-0.15, -0.1) is 11.3 Å². The molecule has 3 heteroatoms. The second kappa shape index (κ2) is 3.63. The Labute approximate surface area is 89.5 Å². The zero-order valence-electron chi connectivity index (χ0n) is 8.86. The minimum Gasteiger partial charge on any atom is -0.319 e. The van der Waals surface area contributed by atoms with Gasteiger partial charge in [0.2, 0.25) is 0 Å². The van der Waals surface area contributed by atoms with Crippen LogP contribution >= 0.6 is 11.3 Å². The monoisotopic (exact) mass is 210 g/mol. The summed E-state index contributed by atoms with van der Waals surface area (Å²) in [5.41, 5.74) is 6.29. The summed E-state index contributed by atoms with van der Waals surface area (Å²) in [7, 11) is 0. The van der Waals surface area contributed by atoms with E-state index in [0.29, 0.717) is 0 Å². The Bertz CT molecular complexity index is 296. The summed E-state index contributed by atoms with van der Waals surface area (Å²) in [4.78, 5) is 4.36. The Morgan fingerprint density at radius 3 is 2.86 bits per heavy atom. The van der Waals surface area contributed by atoms with Gasteiger partial charge in [0.1, 0.15) is 5.01 Å². The smallest absolute Gasteiger partial charge is 0.112 e. The van der Waals surface area contributed by atoms with Crippen molar-refractivity contribution in [1.82, 2.24) is 4.98 Å². The molecule has 0 saturated heterocycles. The van der Waals surface area contributed by atoms with Crippen LogP contribution in [0.4, 0.5) is 0 Å². The van der Waals surface area contributed by atoms with Crippen molar-refractivity contribution in [2.24, 2.45) is 17.6 Å². The highest BCUT2D eigenvalue weighted by atomic mass is 32.1. The molecule has 1 saturated carbocycles. The van der Waals surface area contributed by atoms with Crippen LogP contribution in [0.15, 0.2) is 11.6 Å². The second-order valence-corrected chi connectivity index (χ2v) is 5.59. The summed E-state index contributed by atoms with van der Waals surface area (Å²) in [6, 6.07) is 0. The predicted molar refractivity (Wildman–Crippen MR) is 60.2 cm³/mol. The highest BCUT2D eigenvalue weighted by Gasteiger charge is 2.37.